The average Bonchev–Trinajstić information content (AvgIpc) is 2.63. The Kier molecular flexibility index (Phi) is 4.42. The molecule has 0 N–H and O–H groups in total. The topological polar surface area (TPSA) is 38.2 Å². The number of rotatable bonds is 2. The quantitative estimate of drug-likeness (QED) is 0.835. The van der Waals surface area contributed by atoms with Gasteiger partial charge in [-0.05, 0) is 56.7 Å². The SMILES string of the molecule is Cc1nc2c(c(N3CCOC(c4ccc(F)c(C)c4)C3)n1)CCCC2. The Labute approximate surface area is 148 Å². The summed E-state index contributed by atoms with van der Waals surface area (Å²) in [4.78, 5) is 11.8. The second-order valence-electron chi connectivity index (χ2n) is 7.04. The van der Waals surface area contributed by atoms with Crippen LogP contribution in [-0.2, 0) is 17.6 Å². The second kappa shape index (κ2) is 6.71. The molecule has 1 saturated heterocycles. The highest BCUT2D eigenvalue weighted by molar-refractivity contribution is 5.51. The summed E-state index contributed by atoms with van der Waals surface area (Å²) in [5.74, 6) is 1.75. The van der Waals surface area contributed by atoms with Gasteiger partial charge in [-0.1, -0.05) is 12.1 Å². The van der Waals surface area contributed by atoms with Gasteiger partial charge in [0.15, 0.2) is 0 Å². The van der Waals surface area contributed by atoms with Crippen LogP contribution in [-0.4, -0.2) is 29.7 Å². The molecule has 0 radical (unpaired) electrons. The molecule has 1 unspecified atom stereocenters. The Morgan fingerprint density at radius 2 is 2.00 bits per heavy atom. The lowest BCUT2D eigenvalue weighted by molar-refractivity contribution is 0.0393. The van der Waals surface area contributed by atoms with Crippen LogP contribution in [0.5, 0.6) is 0 Å². The van der Waals surface area contributed by atoms with Gasteiger partial charge >= 0.3 is 0 Å². The van der Waals surface area contributed by atoms with E-state index in [1.807, 2.05) is 19.1 Å². The van der Waals surface area contributed by atoms with Crippen LogP contribution in [0.2, 0.25) is 0 Å². The van der Waals surface area contributed by atoms with E-state index in [2.05, 4.69) is 9.88 Å². The number of hydrogen-bond acceptors (Lipinski definition) is 4. The number of benzene rings is 1. The normalized spacial score (nSPS) is 20.4. The molecular formula is C20H24FN3O. The highest BCUT2D eigenvalue weighted by Crippen LogP contribution is 2.32. The van der Waals surface area contributed by atoms with E-state index < -0.39 is 0 Å². The molecule has 0 amide bonds. The van der Waals surface area contributed by atoms with Crippen LogP contribution in [0.1, 0.15) is 47.2 Å². The Hall–Kier alpha value is -2.01. The summed E-state index contributed by atoms with van der Waals surface area (Å²) in [5.41, 5.74) is 4.22. The third kappa shape index (κ3) is 3.25. The molecule has 2 aromatic rings. The standard InChI is InChI=1S/C20H24FN3O/c1-13-11-15(7-8-17(13)21)19-12-24(9-10-25-19)20-16-5-3-4-6-18(16)22-14(2)23-20/h7-8,11,19H,3-6,9-10,12H2,1-2H3. The minimum Gasteiger partial charge on any atom is -0.370 e. The number of aryl methyl sites for hydroxylation is 3. The maximum Gasteiger partial charge on any atom is 0.135 e. The molecule has 1 aliphatic carbocycles. The van der Waals surface area contributed by atoms with Crippen molar-refractivity contribution in [3.63, 3.8) is 0 Å². The number of hydrogen-bond donors (Lipinski definition) is 0. The van der Waals surface area contributed by atoms with Gasteiger partial charge in [-0.25, -0.2) is 14.4 Å². The summed E-state index contributed by atoms with van der Waals surface area (Å²) in [6.07, 6.45) is 4.47. The number of fused-ring (bicyclic) bond motifs is 1. The first-order valence-corrected chi connectivity index (χ1v) is 9.11. The Morgan fingerprint density at radius 3 is 2.84 bits per heavy atom. The van der Waals surface area contributed by atoms with E-state index in [0.29, 0.717) is 12.2 Å². The molecule has 2 aliphatic rings. The van der Waals surface area contributed by atoms with Crippen molar-refractivity contribution in [2.45, 2.75) is 45.6 Å². The smallest absolute Gasteiger partial charge is 0.135 e. The van der Waals surface area contributed by atoms with Crippen molar-refractivity contribution >= 4 is 5.82 Å². The minimum atomic E-state index is -0.170. The van der Waals surface area contributed by atoms with Gasteiger partial charge in [-0.3, -0.25) is 0 Å². The number of ether oxygens (including phenoxy) is 1. The van der Waals surface area contributed by atoms with Crippen LogP contribution in [0.3, 0.4) is 0 Å². The van der Waals surface area contributed by atoms with Crippen molar-refractivity contribution in [1.82, 2.24) is 9.97 Å². The highest BCUT2D eigenvalue weighted by Gasteiger charge is 2.27. The van der Waals surface area contributed by atoms with Crippen LogP contribution in [0.25, 0.3) is 0 Å². The summed E-state index contributed by atoms with van der Waals surface area (Å²) < 4.78 is 19.5. The molecule has 1 aliphatic heterocycles. The summed E-state index contributed by atoms with van der Waals surface area (Å²) in [5, 5.41) is 0. The fourth-order valence-electron chi connectivity index (χ4n) is 3.87. The van der Waals surface area contributed by atoms with E-state index in [1.165, 1.54) is 30.2 Å². The first kappa shape index (κ1) is 16.5. The molecule has 5 heteroatoms. The van der Waals surface area contributed by atoms with E-state index in [1.54, 1.807) is 6.92 Å². The molecule has 0 spiro atoms. The van der Waals surface area contributed by atoms with E-state index in [-0.39, 0.29) is 11.9 Å². The van der Waals surface area contributed by atoms with Crippen molar-refractivity contribution in [1.29, 1.82) is 0 Å². The molecule has 4 nitrogen and oxygen atoms in total. The van der Waals surface area contributed by atoms with E-state index in [0.717, 1.165) is 43.1 Å². The average molecular weight is 341 g/mol. The van der Waals surface area contributed by atoms with Gasteiger partial charge < -0.3 is 9.64 Å². The van der Waals surface area contributed by atoms with Crippen LogP contribution in [0.15, 0.2) is 18.2 Å². The predicted molar refractivity (Wildman–Crippen MR) is 95.5 cm³/mol. The van der Waals surface area contributed by atoms with Crippen LogP contribution < -0.4 is 4.90 Å². The number of aromatic nitrogens is 2. The van der Waals surface area contributed by atoms with Gasteiger partial charge in [0.1, 0.15) is 23.6 Å². The number of nitrogens with zero attached hydrogens (tertiary/aromatic N) is 3. The van der Waals surface area contributed by atoms with Gasteiger partial charge in [-0.15, -0.1) is 0 Å². The fraction of sp³-hybridized carbons (Fsp3) is 0.500. The lowest BCUT2D eigenvalue weighted by Crippen LogP contribution is -2.40. The van der Waals surface area contributed by atoms with Crippen LogP contribution >= 0.6 is 0 Å². The Morgan fingerprint density at radius 1 is 1.16 bits per heavy atom. The lowest BCUT2D eigenvalue weighted by Gasteiger charge is -2.36. The molecule has 1 fully saturated rings. The molecule has 0 saturated carbocycles. The van der Waals surface area contributed by atoms with Crippen LogP contribution in [0, 0.1) is 19.7 Å². The third-order valence-corrected chi connectivity index (χ3v) is 5.19. The minimum absolute atomic E-state index is 0.0532. The summed E-state index contributed by atoms with van der Waals surface area (Å²) >= 11 is 0. The van der Waals surface area contributed by atoms with E-state index in [4.69, 9.17) is 9.72 Å². The molecular weight excluding hydrogens is 317 g/mol. The molecule has 1 aromatic heterocycles. The maximum atomic E-state index is 13.6. The molecule has 4 rings (SSSR count). The predicted octanol–water partition coefficient (Wildman–Crippen LogP) is 3.69. The lowest BCUT2D eigenvalue weighted by atomic mass is 9.95. The number of halogens is 1. The summed E-state index contributed by atoms with van der Waals surface area (Å²) in [6, 6.07) is 5.26. The molecule has 25 heavy (non-hydrogen) atoms. The van der Waals surface area contributed by atoms with Crippen molar-refractivity contribution in [3.8, 4) is 0 Å². The van der Waals surface area contributed by atoms with Gasteiger partial charge in [0.05, 0.1) is 6.61 Å². The molecule has 0 bridgehead atoms. The Bertz CT molecular complexity index is 793. The number of anilines is 1. The van der Waals surface area contributed by atoms with Gasteiger partial charge in [0.2, 0.25) is 0 Å². The first-order valence-electron chi connectivity index (χ1n) is 9.11. The first-order chi connectivity index (χ1) is 12.1. The third-order valence-electron chi connectivity index (χ3n) is 5.19. The fourth-order valence-corrected chi connectivity index (χ4v) is 3.87. The van der Waals surface area contributed by atoms with E-state index >= 15 is 0 Å². The zero-order valence-electron chi connectivity index (χ0n) is 14.9. The maximum absolute atomic E-state index is 13.6. The number of morpholine rings is 1. The molecule has 132 valence electrons. The summed E-state index contributed by atoms with van der Waals surface area (Å²) in [6.45, 7) is 6.00. The van der Waals surface area contributed by atoms with Gasteiger partial charge in [-0.2, -0.15) is 0 Å². The Balaban J connectivity index is 1.63. The van der Waals surface area contributed by atoms with Crippen molar-refractivity contribution in [2.24, 2.45) is 0 Å². The van der Waals surface area contributed by atoms with Gasteiger partial charge in [0.25, 0.3) is 0 Å². The van der Waals surface area contributed by atoms with Crippen LogP contribution in [0.4, 0.5) is 10.2 Å². The summed E-state index contributed by atoms with van der Waals surface area (Å²) in [7, 11) is 0. The van der Waals surface area contributed by atoms with E-state index in [9.17, 15) is 4.39 Å². The molecule has 1 atom stereocenters. The van der Waals surface area contributed by atoms with Crippen molar-refractivity contribution in [3.05, 3.63) is 52.2 Å². The largest absolute Gasteiger partial charge is 0.370 e. The molecule has 1 aromatic carbocycles. The monoisotopic (exact) mass is 341 g/mol. The van der Waals surface area contributed by atoms with Crippen molar-refractivity contribution in [2.75, 3.05) is 24.6 Å². The van der Waals surface area contributed by atoms with Gasteiger partial charge in [0, 0.05) is 24.3 Å². The zero-order valence-corrected chi connectivity index (χ0v) is 14.9. The zero-order chi connectivity index (χ0) is 17.4. The second-order valence-corrected chi connectivity index (χ2v) is 7.04. The molecule has 2 heterocycles. The highest BCUT2D eigenvalue weighted by atomic mass is 19.1. The van der Waals surface area contributed by atoms with Crippen molar-refractivity contribution < 1.29 is 9.13 Å².